The molecule has 2 atom stereocenters. The van der Waals surface area contributed by atoms with E-state index in [-0.39, 0.29) is 30.3 Å². The van der Waals surface area contributed by atoms with Crippen molar-refractivity contribution in [1.82, 2.24) is 15.1 Å². The Balaban J connectivity index is 1.45. The van der Waals surface area contributed by atoms with Crippen LogP contribution in [0.4, 0.5) is 14.5 Å². The zero-order valence-electron chi connectivity index (χ0n) is 18.3. The van der Waals surface area contributed by atoms with Gasteiger partial charge in [0.25, 0.3) is 11.5 Å². The van der Waals surface area contributed by atoms with Crippen molar-refractivity contribution in [3.05, 3.63) is 87.8 Å². The Bertz CT molecular complexity index is 1200. The van der Waals surface area contributed by atoms with Gasteiger partial charge in [0.1, 0.15) is 17.3 Å². The molecule has 1 saturated heterocycles. The highest BCUT2D eigenvalue weighted by molar-refractivity contribution is 5.92. The molecule has 0 saturated carbocycles. The van der Waals surface area contributed by atoms with Crippen LogP contribution in [0, 0.1) is 11.6 Å². The van der Waals surface area contributed by atoms with Crippen LogP contribution in [0.2, 0.25) is 0 Å². The molecule has 1 aliphatic rings. The lowest BCUT2D eigenvalue weighted by atomic mass is 10.1. The molecule has 4 rings (SSSR count). The minimum atomic E-state index is -0.522. The fourth-order valence-electron chi connectivity index (χ4n) is 3.86. The summed E-state index contributed by atoms with van der Waals surface area (Å²) in [4.78, 5) is 26.7. The van der Waals surface area contributed by atoms with Gasteiger partial charge in [-0.1, -0.05) is 6.07 Å². The summed E-state index contributed by atoms with van der Waals surface area (Å²) in [5.74, 6) is -1.34. The van der Waals surface area contributed by atoms with E-state index < -0.39 is 17.3 Å². The number of ether oxygens (including phenoxy) is 1. The number of nitrogens with one attached hydrogen (secondary N) is 1. The van der Waals surface area contributed by atoms with E-state index in [4.69, 9.17) is 4.74 Å². The molecule has 9 heteroatoms. The summed E-state index contributed by atoms with van der Waals surface area (Å²) >= 11 is 0. The molecular formula is C24H24F2N4O3. The number of carbonyl (C=O) groups is 1. The van der Waals surface area contributed by atoms with Crippen molar-refractivity contribution < 1.29 is 18.3 Å². The van der Waals surface area contributed by atoms with E-state index >= 15 is 0 Å². The number of hydrogen-bond donors (Lipinski definition) is 1. The van der Waals surface area contributed by atoms with Gasteiger partial charge in [-0.25, -0.2) is 8.78 Å². The van der Waals surface area contributed by atoms with Crippen LogP contribution in [-0.4, -0.2) is 41.0 Å². The first-order valence-corrected chi connectivity index (χ1v) is 10.6. The van der Waals surface area contributed by atoms with Gasteiger partial charge in [0, 0.05) is 25.7 Å². The van der Waals surface area contributed by atoms with Gasteiger partial charge in [0.05, 0.1) is 23.6 Å². The average molecular weight is 454 g/mol. The first-order chi connectivity index (χ1) is 15.8. The van der Waals surface area contributed by atoms with Crippen LogP contribution in [0.5, 0.6) is 0 Å². The Morgan fingerprint density at radius 2 is 1.76 bits per heavy atom. The van der Waals surface area contributed by atoms with E-state index in [0.717, 1.165) is 4.68 Å². The molecular weight excluding hydrogens is 430 g/mol. The maximum Gasteiger partial charge on any atom is 0.272 e. The summed E-state index contributed by atoms with van der Waals surface area (Å²) in [7, 11) is 0. The van der Waals surface area contributed by atoms with Gasteiger partial charge in [-0.05, 0) is 61.9 Å². The predicted molar refractivity (Wildman–Crippen MR) is 120 cm³/mol. The molecule has 3 aromatic rings. The highest BCUT2D eigenvalue weighted by Crippen LogP contribution is 2.24. The molecule has 1 aliphatic heterocycles. The number of nitrogens with zero attached hydrogens (tertiary/aromatic N) is 3. The van der Waals surface area contributed by atoms with E-state index in [1.165, 1.54) is 42.5 Å². The van der Waals surface area contributed by atoms with Crippen LogP contribution in [0.3, 0.4) is 0 Å². The third-order valence-corrected chi connectivity index (χ3v) is 5.33. The van der Waals surface area contributed by atoms with Crippen LogP contribution in [0.1, 0.15) is 29.9 Å². The van der Waals surface area contributed by atoms with Gasteiger partial charge in [-0.3, -0.25) is 9.59 Å². The molecule has 7 nitrogen and oxygen atoms in total. The number of morpholine rings is 1. The molecule has 2 aromatic carbocycles. The van der Waals surface area contributed by atoms with Crippen LogP contribution < -0.4 is 15.8 Å². The van der Waals surface area contributed by atoms with Crippen molar-refractivity contribution >= 4 is 11.6 Å². The minimum absolute atomic E-state index is 0.00677. The topological polar surface area (TPSA) is 76.5 Å². The third-order valence-electron chi connectivity index (χ3n) is 5.33. The number of amides is 1. The number of benzene rings is 2. The maximum absolute atomic E-state index is 14.8. The lowest BCUT2D eigenvalue weighted by molar-refractivity contribution is -0.00539. The highest BCUT2D eigenvalue weighted by Gasteiger charge is 2.24. The second kappa shape index (κ2) is 9.50. The zero-order valence-corrected chi connectivity index (χ0v) is 18.3. The molecule has 0 aliphatic carbocycles. The third kappa shape index (κ3) is 5.25. The largest absolute Gasteiger partial charge is 0.372 e. The van der Waals surface area contributed by atoms with E-state index in [1.54, 1.807) is 12.1 Å². The smallest absolute Gasteiger partial charge is 0.272 e. The molecule has 33 heavy (non-hydrogen) atoms. The number of rotatable bonds is 5. The number of aromatic nitrogens is 2. The number of carbonyl (C=O) groups excluding carboxylic acids is 1. The van der Waals surface area contributed by atoms with Crippen LogP contribution in [0.25, 0.3) is 5.69 Å². The van der Waals surface area contributed by atoms with Crippen LogP contribution in [-0.2, 0) is 11.3 Å². The lowest BCUT2D eigenvalue weighted by Gasteiger charge is -2.37. The zero-order chi connectivity index (χ0) is 23.5. The maximum atomic E-state index is 14.8. The molecule has 0 bridgehead atoms. The summed E-state index contributed by atoms with van der Waals surface area (Å²) in [5, 5.41) is 6.75. The van der Waals surface area contributed by atoms with Gasteiger partial charge < -0.3 is 15.0 Å². The molecule has 172 valence electrons. The van der Waals surface area contributed by atoms with Crippen molar-refractivity contribution in [2.45, 2.75) is 32.6 Å². The summed E-state index contributed by atoms with van der Waals surface area (Å²) in [5.41, 5.74) is 0.973. The first-order valence-electron chi connectivity index (χ1n) is 10.6. The molecule has 0 radical (unpaired) electrons. The number of halogens is 2. The molecule has 2 unspecified atom stereocenters. The Morgan fingerprint density at radius 3 is 2.42 bits per heavy atom. The fraction of sp³-hybridized carbons (Fsp3) is 0.292. The predicted octanol–water partition coefficient (Wildman–Crippen LogP) is 3.05. The van der Waals surface area contributed by atoms with Crippen molar-refractivity contribution in [3.63, 3.8) is 0 Å². The van der Waals surface area contributed by atoms with Crippen molar-refractivity contribution in [2.75, 3.05) is 18.0 Å². The van der Waals surface area contributed by atoms with Crippen molar-refractivity contribution in [1.29, 1.82) is 0 Å². The summed E-state index contributed by atoms with van der Waals surface area (Å²) in [6, 6.07) is 12.6. The summed E-state index contributed by atoms with van der Waals surface area (Å²) < 4.78 is 34.7. The quantitative estimate of drug-likeness (QED) is 0.641. The second-order valence-electron chi connectivity index (χ2n) is 8.08. The van der Waals surface area contributed by atoms with E-state index in [9.17, 15) is 18.4 Å². The van der Waals surface area contributed by atoms with Gasteiger partial charge in [0.2, 0.25) is 0 Å². The molecule has 1 fully saturated rings. The standard InChI is InChI=1S/C24H24F2N4O3/c1-15-13-29(14-16(2)33-15)22-9-3-17(11-20(22)26)12-27-24(32)21-8-10-23(31)30(28-21)19-6-4-18(25)5-7-19/h3-11,15-16H,12-14H2,1-2H3,(H,27,32). The Morgan fingerprint density at radius 1 is 1.06 bits per heavy atom. The fourth-order valence-corrected chi connectivity index (χ4v) is 3.86. The Labute approximate surface area is 189 Å². The van der Waals surface area contributed by atoms with Crippen molar-refractivity contribution in [2.24, 2.45) is 0 Å². The lowest BCUT2D eigenvalue weighted by Crippen LogP contribution is -2.45. The number of anilines is 1. The SMILES string of the molecule is CC1CN(c2ccc(CNC(=O)c3ccc(=O)n(-c4ccc(F)cc4)n3)cc2F)CC(C)O1. The summed E-state index contributed by atoms with van der Waals surface area (Å²) in [6.45, 7) is 5.21. The molecule has 1 aromatic heterocycles. The monoisotopic (exact) mass is 454 g/mol. The van der Waals surface area contributed by atoms with E-state index in [1.807, 2.05) is 18.7 Å². The van der Waals surface area contributed by atoms with Crippen molar-refractivity contribution in [3.8, 4) is 5.69 Å². The van der Waals surface area contributed by atoms with Crippen LogP contribution >= 0.6 is 0 Å². The Hall–Kier alpha value is -3.59. The van der Waals surface area contributed by atoms with Gasteiger partial charge in [-0.15, -0.1) is 0 Å². The Kier molecular flexibility index (Phi) is 6.50. The molecule has 0 spiro atoms. The highest BCUT2D eigenvalue weighted by atomic mass is 19.1. The minimum Gasteiger partial charge on any atom is -0.372 e. The summed E-state index contributed by atoms with van der Waals surface area (Å²) in [6.07, 6.45) is 0.0237. The number of hydrogen-bond acceptors (Lipinski definition) is 5. The normalized spacial score (nSPS) is 18.2. The molecule has 1 N–H and O–H groups in total. The average Bonchev–Trinajstić information content (AvgIpc) is 2.78. The first kappa shape index (κ1) is 22.6. The molecule has 2 heterocycles. The van der Waals surface area contributed by atoms with E-state index in [0.29, 0.717) is 30.0 Å². The van der Waals surface area contributed by atoms with E-state index in [2.05, 4.69) is 10.4 Å². The van der Waals surface area contributed by atoms with Gasteiger partial charge >= 0.3 is 0 Å². The molecule has 1 amide bonds. The second-order valence-corrected chi connectivity index (χ2v) is 8.08. The van der Waals surface area contributed by atoms with Gasteiger partial charge in [0.15, 0.2) is 0 Å². The van der Waals surface area contributed by atoms with Gasteiger partial charge in [-0.2, -0.15) is 9.78 Å². The van der Waals surface area contributed by atoms with Crippen LogP contribution in [0.15, 0.2) is 59.4 Å².